The molecule has 25 heavy (non-hydrogen) atoms. The maximum absolute atomic E-state index is 12.1. The molecule has 1 unspecified atom stereocenters. The van der Waals surface area contributed by atoms with Crippen molar-refractivity contribution in [3.8, 4) is 0 Å². The molecule has 0 aromatic heterocycles. The second-order valence-electron chi connectivity index (χ2n) is 5.24. The van der Waals surface area contributed by atoms with E-state index in [0.717, 1.165) is 10.6 Å². The van der Waals surface area contributed by atoms with E-state index in [4.69, 9.17) is 11.6 Å². The third-order valence-corrected chi connectivity index (χ3v) is 4.69. The largest absolute Gasteiger partial charge is 0.383 e. The Morgan fingerprint density at radius 1 is 1.16 bits per heavy atom. The lowest BCUT2D eigenvalue weighted by molar-refractivity contribution is -0.384. The average molecular weight is 380 g/mol. The number of halogens is 1. The SMILES string of the molecule is CC(Sc1ccc(Cl)cc1)C(=O)NCCNc1ccc([N+](=O)[O-])cc1. The number of thioether (sulfide) groups is 1. The monoisotopic (exact) mass is 379 g/mol. The number of anilines is 1. The first kappa shape index (κ1) is 19.1. The van der Waals surface area contributed by atoms with Gasteiger partial charge in [-0.3, -0.25) is 14.9 Å². The lowest BCUT2D eigenvalue weighted by Crippen LogP contribution is -2.34. The van der Waals surface area contributed by atoms with Gasteiger partial charge in [0.1, 0.15) is 0 Å². The summed E-state index contributed by atoms with van der Waals surface area (Å²) in [5.74, 6) is -0.0505. The van der Waals surface area contributed by atoms with Gasteiger partial charge in [-0.25, -0.2) is 0 Å². The van der Waals surface area contributed by atoms with Crippen molar-refractivity contribution in [3.05, 3.63) is 63.7 Å². The summed E-state index contributed by atoms with van der Waals surface area (Å²) in [5.41, 5.74) is 0.815. The van der Waals surface area contributed by atoms with Gasteiger partial charge in [0, 0.05) is 40.8 Å². The molecule has 0 spiro atoms. The molecule has 0 aliphatic heterocycles. The second-order valence-corrected chi connectivity index (χ2v) is 7.09. The normalized spacial score (nSPS) is 11.6. The van der Waals surface area contributed by atoms with Gasteiger partial charge in [-0.2, -0.15) is 0 Å². The summed E-state index contributed by atoms with van der Waals surface area (Å²) >= 11 is 7.31. The summed E-state index contributed by atoms with van der Waals surface area (Å²) in [5, 5.41) is 17.0. The Morgan fingerprint density at radius 3 is 2.40 bits per heavy atom. The summed E-state index contributed by atoms with van der Waals surface area (Å²) in [6, 6.07) is 13.5. The fraction of sp³-hybridized carbons (Fsp3) is 0.235. The fourth-order valence-corrected chi connectivity index (χ4v) is 3.03. The number of nitro groups is 1. The highest BCUT2D eigenvalue weighted by Crippen LogP contribution is 2.24. The van der Waals surface area contributed by atoms with Crippen LogP contribution in [0.1, 0.15) is 6.92 Å². The van der Waals surface area contributed by atoms with Crippen molar-refractivity contribution in [1.82, 2.24) is 5.32 Å². The molecule has 6 nitrogen and oxygen atoms in total. The van der Waals surface area contributed by atoms with Crippen molar-refractivity contribution in [1.29, 1.82) is 0 Å². The first-order chi connectivity index (χ1) is 12.0. The Hall–Kier alpha value is -2.25. The van der Waals surface area contributed by atoms with Crippen LogP contribution in [-0.4, -0.2) is 29.2 Å². The molecule has 8 heteroatoms. The Kier molecular flexibility index (Phi) is 7.09. The molecular weight excluding hydrogens is 362 g/mol. The van der Waals surface area contributed by atoms with E-state index in [1.807, 2.05) is 19.1 Å². The van der Waals surface area contributed by atoms with Gasteiger partial charge < -0.3 is 10.6 Å². The molecule has 0 aliphatic carbocycles. The standard InChI is InChI=1S/C17H18ClN3O3S/c1-12(25-16-8-2-13(18)3-9-16)17(22)20-11-10-19-14-4-6-15(7-5-14)21(23)24/h2-9,12,19H,10-11H2,1H3,(H,20,22). The van der Waals surface area contributed by atoms with E-state index in [9.17, 15) is 14.9 Å². The fourth-order valence-electron chi connectivity index (χ4n) is 2.01. The predicted octanol–water partition coefficient (Wildman–Crippen LogP) is 3.96. The van der Waals surface area contributed by atoms with Crippen LogP contribution in [0, 0.1) is 10.1 Å². The topological polar surface area (TPSA) is 84.3 Å². The number of benzene rings is 2. The number of nitrogens with one attached hydrogen (secondary N) is 2. The van der Waals surface area contributed by atoms with Gasteiger partial charge >= 0.3 is 0 Å². The van der Waals surface area contributed by atoms with Crippen molar-refractivity contribution in [2.24, 2.45) is 0 Å². The highest BCUT2D eigenvalue weighted by atomic mass is 35.5. The van der Waals surface area contributed by atoms with E-state index >= 15 is 0 Å². The smallest absolute Gasteiger partial charge is 0.269 e. The van der Waals surface area contributed by atoms with Gasteiger partial charge in [0.2, 0.25) is 5.91 Å². The van der Waals surface area contributed by atoms with Gasteiger partial charge in [0.25, 0.3) is 5.69 Å². The van der Waals surface area contributed by atoms with Crippen LogP contribution >= 0.6 is 23.4 Å². The molecular formula is C17H18ClN3O3S. The lowest BCUT2D eigenvalue weighted by Gasteiger charge is -2.13. The summed E-state index contributed by atoms with van der Waals surface area (Å²) in [4.78, 5) is 23.2. The van der Waals surface area contributed by atoms with Crippen molar-refractivity contribution in [2.75, 3.05) is 18.4 Å². The molecule has 2 N–H and O–H groups in total. The van der Waals surface area contributed by atoms with Crippen molar-refractivity contribution < 1.29 is 9.72 Å². The van der Waals surface area contributed by atoms with Gasteiger partial charge in [0.15, 0.2) is 0 Å². The molecule has 1 amide bonds. The van der Waals surface area contributed by atoms with Crippen molar-refractivity contribution >= 4 is 40.6 Å². The minimum Gasteiger partial charge on any atom is -0.383 e. The molecule has 0 fully saturated rings. The number of nitrogens with zero attached hydrogens (tertiary/aromatic N) is 1. The summed E-state index contributed by atoms with van der Waals surface area (Å²) in [6.45, 7) is 2.83. The average Bonchev–Trinajstić information content (AvgIpc) is 2.60. The van der Waals surface area contributed by atoms with E-state index in [0.29, 0.717) is 18.1 Å². The number of hydrogen-bond acceptors (Lipinski definition) is 5. The number of hydrogen-bond donors (Lipinski definition) is 2. The van der Waals surface area contributed by atoms with Crippen molar-refractivity contribution in [3.63, 3.8) is 0 Å². The highest BCUT2D eigenvalue weighted by Gasteiger charge is 2.13. The lowest BCUT2D eigenvalue weighted by atomic mass is 10.3. The van der Waals surface area contributed by atoms with Crippen LogP contribution in [0.25, 0.3) is 0 Å². The molecule has 132 valence electrons. The summed E-state index contributed by atoms with van der Waals surface area (Å²) in [6.07, 6.45) is 0. The number of non-ortho nitro benzene ring substituents is 1. The van der Waals surface area contributed by atoms with Crippen LogP contribution < -0.4 is 10.6 Å². The first-order valence-electron chi connectivity index (χ1n) is 7.64. The van der Waals surface area contributed by atoms with Crippen LogP contribution in [0.3, 0.4) is 0 Å². The third-order valence-electron chi connectivity index (χ3n) is 3.33. The zero-order valence-electron chi connectivity index (χ0n) is 13.6. The second kappa shape index (κ2) is 9.29. The minimum absolute atomic E-state index is 0.0481. The van der Waals surface area contributed by atoms with E-state index in [1.165, 1.54) is 23.9 Å². The minimum atomic E-state index is -0.441. The summed E-state index contributed by atoms with van der Waals surface area (Å²) in [7, 11) is 0. The third kappa shape index (κ3) is 6.28. The molecule has 0 heterocycles. The molecule has 2 aromatic carbocycles. The molecule has 0 saturated carbocycles. The van der Waals surface area contributed by atoms with Crippen LogP contribution in [0.2, 0.25) is 5.02 Å². The number of carbonyl (C=O) groups is 1. The van der Waals surface area contributed by atoms with Gasteiger partial charge in [-0.1, -0.05) is 11.6 Å². The Labute approximate surface area is 155 Å². The molecule has 2 aromatic rings. The molecule has 0 radical (unpaired) electrons. The number of amides is 1. The van der Waals surface area contributed by atoms with Gasteiger partial charge in [-0.05, 0) is 43.3 Å². The van der Waals surface area contributed by atoms with Crippen LogP contribution in [0.5, 0.6) is 0 Å². The van der Waals surface area contributed by atoms with Crippen molar-refractivity contribution in [2.45, 2.75) is 17.1 Å². The number of nitro benzene ring substituents is 1. The summed E-state index contributed by atoms with van der Waals surface area (Å²) < 4.78 is 0. The highest BCUT2D eigenvalue weighted by molar-refractivity contribution is 8.00. The van der Waals surface area contributed by atoms with Crippen LogP contribution in [-0.2, 0) is 4.79 Å². The zero-order chi connectivity index (χ0) is 18.2. The maximum atomic E-state index is 12.1. The van der Waals surface area contributed by atoms with E-state index in [-0.39, 0.29) is 16.8 Å². The van der Waals surface area contributed by atoms with E-state index < -0.39 is 4.92 Å². The maximum Gasteiger partial charge on any atom is 0.269 e. The van der Waals surface area contributed by atoms with Crippen LogP contribution in [0.4, 0.5) is 11.4 Å². The van der Waals surface area contributed by atoms with Gasteiger partial charge in [-0.15, -0.1) is 11.8 Å². The molecule has 0 aliphatic rings. The van der Waals surface area contributed by atoms with Gasteiger partial charge in [0.05, 0.1) is 10.2 Å². The van der Waals surface area contributed by atoms with Crippen LogP contribution in [0.15, 0.2) is 53.4 Å². The number of carbonyl (C=O) groups excluding carboxylic acids is 1. The molecule has 1 atom stereocenters. The number of rotatable bonds is 8. The molecule has 0 saturated heterocycles. The Bertz CT molecular complexity index is 723. The zero-order valence-corrected chi connectivity index (χ0v) is 15.1. The van der Waals surface area contributed by atoms with E-state index in [2.05, 4.69) is 10.6 Å². The molecule has 0 bridgehead atoms. The quantitative estimate of drug-likeness (QED) is 0.314. The first-order valence-corrected chi connectivity index (χ1v) is 8.90. The van der Waals surface area contributed by atoms with E-state index in [1.54, 1.807) is 24.3 Å². The molecule has 2 rings (SSSR count). The Morgan fingerprint density at radius 2 is 1.80 bits per heavy atom. The Balaban J connectivity index is 1.70. The predicted molar refractivity (Wildman–Crippen MR) is 101 cm³/mol.